The Bertz CT molecular complexity index is 445. The number of halogens is 1. The Morgan fingerprint density at radius 3 is 2.86 bits per heavy atom. The molecule has 1 aliphatic rings. The summed E-state index contributed by atoms with van der Waals surface area (Å²) in [6.07, 6.45) is 5.08. The largest absolute Gasteiger partial charge is 0.310 e. The summed E-state index contributed by atoms with van der Waals surface area (Å²) in [7, 11) is 0. The van der Waals surface area contributed by atoms with E-state index in [9.17, 15) is 4.39 Å². The number of rotatable bonds is 5. The van der Waals surface area contributed by atoms with Crippen LogP contribution in [0, 0.1) is 5.82 Å². The summed E-state index contributed by atoms with van der Waals surface area (Å²) >= 11 is 0. The molecular weight excluding hydrogens is 263 g/mol. The SMILES string of the molecule is CC(C)NCc1ccc(F)c(CN2CCCCCC2C)c1. The maximum absolute atomic E-state index is 14.1. The Labute approximate surface area is 128 Å². The molecule has 1 fully saturated rings. The molecule has 1 unspecified atom stereocenters. The van der Waals surface area contributed by atoms with Gasteiger partial charge in [-0.15, -0.1) is 0 Å². The maximum Gasteiger partial charge on any atom is 0.127 e. The van der Waals surface area contributed by atoms with E-state index in [1.807, 2.05) is 12.1 Å². The van der Waals surface area contributed by atoms with E-state index in [0.29, 0.717) is 12.1 Å². The van der Waals surface area contributed by atoms with Crippen molar-refractivity contribution in [2.24, 2.45) is 0 Å². The van der Waals surface area contributed by atoms with Crippen LogP contribution in [0.1, 0.15) is 57.6 Å². The normalized spacial score (nSPS) is 20.7. The van der Waals surface area contributed by atoms with E-state index < -0.39 is 0 Å². The van der Waals surface area contributed by atoms with Crippen LogP contribution in [0.15, 0.2) is 18.2 Å². The summed E-state index contributed by atoms with van der Waals surface area (Å²) in [6.45, 7) is 9.16. The molecule has 0 radical (unpaired) electrons. The highest BCUT2D eigenvalue weighted by Crippen LogP contribution is 2.21. The summed E-state index contributed by atoms with van der Waals surface area (Å²) in [5, 5.41) is 3.39. The Hall–Kier alpha value is -0.930. The van der Waals surface area contributed by atoms with Gasteiger partial charge in [0.25, 0.3) is 0 Å². The molecule has 1 atom stereocenters. The van der Waals surface area contributed by atoms with Crippen molar-refractivity contribution in [3.8, 4) is 0 Å². The molecule has 2 rings (SSSR count). The van der Waals surface area contributed by atoms with Crippen molar-refractivity contribution >= 4 is 0 Å². The van der Waals surface area contributed by atoms with Gasteiger partial charge in [-0.3, -0.25) is 4.90 Å². The van der Waals surface area contributed by atoms with Gasteiger partial charge in [0.2, 0.25) is 0 Å². The zero-order valence-corrected chi connectivity index (χ0v) is 13.7. The summed E-state index contributed by atoms with van der Waals surface area (Å²) in [5.74, 6) is -0.0697. The molecule has 0 aromatic heterocycles. The van der Waals surface area contributed by atoms with Crippen molar-refractivity contribution in [1.82, 2.24) is 10.2 Å². The molecule has 1 heterocycles. The maximum atomic E-state index is 14.1. The van der Waals surface area contributed by atoms with Gasteiger partial charge < -0.3 is 5.32 Å². The lowest BCUT2D eigenvalue weighted by molar-refractivity contribution is 0.202. The van der Waals surface area contributed by atoms with Gasteiger partial charge in [0.05, 0.1) is 0 Å². The van der Waals surface area contributed by atoms with Crippen LogP contribution < -0.4 is 5.32 Å². The second-order valence-corrected chi connectivity index (χ2v) is 6.63. The van der Waals surface area contributed by atoms with Gasteiger partial charge in [-0.1, -0.05) is 38.8 Å². The van der Waals surface area contributed by atoms with Crippen LogP contribution >= 0.6 is 0 Å². The molecule has 3 heteroatoms. The van der Waals surface area contributed by atoms with E-state index in [1.165, 1.54) is 31.2 Å². The average molecular weight is 292 g/mol. The van der Waals surface area contributed by atoms with Gasteiger partial charge in [0, 0.05) is 30.7 Å². The fourth-order valence-corrected chi connectivity index (χ4v) is 2.97. The molecule has 1 aliphatic heterocycles. The van der Waals surface area contributed by atoms with Crippen molar-refractivity contribution in [2.75, 3.05) is 6.54 Å². The predicted molar refractivity (Wildman–Crippen MR) is 86.7 cm³/mol. The van der Waals surface area contributed by atoms with Gasteiger partial charge in [-0.25, -0.2) is 4.39 Å². The third kappa shape index (κ3) is 5.08. The summed E-state index contributed by atoms with van der Waals surface area (Å²) in [4.78, 5) is 2.44. The lowest BCUT2D eigenvalue weighted by Crippen LogP contribution is -2.32. The number of hydrogen-bond donors (Lipinski definition) is 1. The standard InChI is InChI=1S/C18H29FN2/c1-14(2)20-12-16-8-9-18(19)17(11-16)13-21-10-6-4-5-7-15(21)3/h8-9,11,14-15,20H,4-7,10,12-13H2,1-3H3. The molecule has 1 aromatic carbocycles. The first-order valence-corrected chi connectivity index (χ1v) is 8.31. The van der Waals surface area contributed by atoms with Crippen molar-refractivity contribution in [2.45, 2.75) is 71.6 Å². The molecule has 0 spiro atoms. The van der Waals surface area contributed by atoms with Crippen LogP contribution in [0.25, 0.3) is 0 Å². The summed E-state index contributed by atoms with van der Waals surface area (Å²) < 4.78 is 14.1. The second-order valence-electron chi connectivity index (χ2n) is 6.63. The number of likely N-dealkylation sites (tertiary alicyclic amines) is 1. The molecule has 118 valence electrons. The molecule has 0 saturated carbocycles. The molecule has 0 bridgehead atoms. The van der Waals surface area contributed by atoms with Crippen LogP contribution in [-0.2, 0) is 13.1 Å². The van der Waals surface area contributed by atoms with Crippen LogP contribution in [-0.4, -0.2) is 23.5 Å². The second kappa shape index (κ2) is 7.90. The number of nitrogens with one attached hydrogen (secondary N) is 1. The molecule has 2 nitrogen and oxygen atoms in total. The Kier molecular flexibility index (Phi) is 6.19. The first-order chi connectivity index (χ1) is 10.1. The molecule has 1 saturated heterocycles. The quantitative estimate of drug-likeness (QED) is 0.879. The Morgan fingerprint density at radius 1 is 1.29 bits per heavy atom. The molecule has 0 aliphatic carbocycles. The van der Waals surface area contributed by atoms with Gasteiger partial charge in [0.1, 0.15) is 5.82 Å². The van der Waals surface area contributed by atoms with Crippen molar-refractivity contribution in [1.29, 1.82) is 0 Å². The molecule has 1 N–H and O–H groups in total. The van der Waals surface area contributed by atoms with Crippen LogP contribution in [0.3, 0.4) is 0 Å². The van der Waals surface area contributed by atoms with E-state index in [1.54, 1.807) is 6.07 Å². The molecule has 0 amide bonds. The van der Waals surface area contributed by atoms with Gasteiger partial charge in [-0.2, -0.15) is 0 Å². The number of nitrogens with zero attached hydrogens (tertiary/aromatic N) is 1. The zero-order valence-electron chi connectivity index (χ0n) is 13.7. The van der Waals surface area contributed by atoms with E-state index in [0.717, 1.165) is 25.2 Å². The Balaban J connectivity index is 2.05. The minimum absolute atomic E-state index is 0.0697. The van der Waals surface area contributed by atoms with Gasteiger partial charge in [0.15, 0.2) is 0 Å². The lowest BCUT2D eigenvalue weighted by Gasteiger charge is -2.27. The summed E-state index contributed by atoms with van der Waals surface area (Å²) in [5.41, 5.74) is 2.01. The lowest BCUT2D eigenvalue weighted by atomic mass is 10.1. The first kappa shape index (κ1) is 16.4. The fraction of sp³-hybridized carbons (Fsp3) is 0.667. The van der Waals surface area contributed by atoms with Crippen LogP contribution in [0.4, 0.5) is 4.39 Å². The monoisotopic (exact) mass is 292 g/mol. The highest BCUT2D eigenvalue weighted by atomic mass is 19.1. The van der Waals surface area contributed by atoms with Gasteiger partial charge in [-0.05, 0) is 37.9 Å². The minimum atomic E-state index is -0.0697. The van der Waals surface area contributed by atoms with E-state index in [4.69, 9.17) is 0 Å². The van der Waals surface area contributed by atoms with Crippen LogP contribution in [0.5, 0.6) is 0 Å². The average Bonchev–Trinajstić information content (AvgIpc) is 2.65. The topological polar surface area (TPSA) is 15.3 Å². The molecule has 1 aromatic rings. The van der Waals surface area contributed by atoms with Crippen LogP contribution in [0.2, 0.25) is 0 Å². The summed E-state index contributed by atoms with van der Waals surface area (Å²) in [6, 6.07) is 6.55. The predicted octanol–water partition coefficient (Wildman–Crippen LogP) is 4.09. The number of benzene rings is 1. The van der Waals surface area contributed by atoms with Crippen molar-refractivity contribution < 1.29 is 4.39 Å². The first-order valence-electron chi connectivity index (χ1n) is 8.31. The number of hydrogen-bond acceptors (Lipinski definition) is 2. The fourth-order valence-electron chi connectivity index (χ4n) is 2.97. The smallest absolute Gasteiger partial charge is 0.127 e. The zero-order chi connectivity index (χ0) is 15.2. The third-order valence-electron chi connectivity index (χ3n) is 4.39. The van der Waals surface area contributed by atoms with E-state index >= 15 is 0 Å². The van der Waals surface area contributed by atoms with Crippen molar-refractivity contribution in [3.05, 3.63) is 35.1 Å². The van der Waals surface area contributed by atoms with E-state index in [-0.39, 0.29) is 5.82 Å². The Morgan fingerprint density at radius 2 is 2.10 bits per heavy atom. The van der Waals surface area contributed by atoms with Crippen molar-refractivity contribution in [3.63, 3.8) is 0 Å². The molecule has 21 heavy (non-hydrogen) atoms. The minimum Gasteiger partial charge on any atom is -0.310 e. The third-order valence-corrected chi connectivity index (χ3v) is 4.39. The highest BCUT2D eigenvalue weighted by molar-refractivity contribution is 5.25. The van der Waals surface area contributed by atoms with E-state index in [2.05, 4.69) is 31.0 Å². The highest BCUT2D eigenvalue weighted by Gasteiger charge is 2.18. The molecular formula is C18H29FN2. The van der Waals surface area contributed by atoms with Gasteiger partial charge >= 0.3 is 0 Å².